The standard InChI is InChI=1S/C19H20Cl2N2O5/c1-27-17-9-13(16(23(25)26)11-18(17)28-2)7-8-22-19(24)6-4-12-3-5-14(20)10-15(12)21/h3,5,9-11H,4,6-8H2,1-2H3,(H,22,24). The predicted octanol–water partition coefficient (Wildman–Crippen LogP) is 4.21. The van der Waals surface area contributed by atoms with Crippen LogP contribution in [0.25, 0.3) is 0 Å². The lowest BCUT2D eigenvalue weighted by atomic mass is 10.1. The molecule has 9 heteroatoms. The first-order valence-electron chi connectivity index (χ1n) is 8.45. The molecule has 0 radical (unpaired) electrons. The maximum absolute atomic E-state index is 12.1. The van der Waals surface area contributed by atoms with E-state index in [1.165, 1.54) is 20.3 Å². The van der Waals surface area contributed by atoms with Gasteiger partial charge in [0.05, 0.1) is 25.2 Å². The normalized spacial score (nSPS) is 10.4. The molecule has 28 heavy (non-hydrogen) atoms. The Kier molecular flexibility index (Phi) is 7.90. The van der Waals surface area contributed by atoms with Crippen LogP contribution >= 0.6 is 23.2 Å². The van der Waals surface area contributed by atoms with Gasteiger partial charge in [-0.3, -0.25) is 14.9 Å². The molecule has 2 rings (SSSR count). The van der Waals surface area contributed by atoms with Crippen molar-refractivity contribution in [3.63, 3.8) is 0 Å². The van der Waals surface area contributed by atoms with E-state index in [9.17, 15) is 14.9 Å². The van der Waals surface area contributed by atoms with Crippen molar-refractivity contribution in [2.45, 2.75) is 19.3 Å². The number of carbonyl (C=O) groups is 1. The molecule has 2 aromatic carbocycles. The molecule has 1 amide bonds. The van der Waals surface area contributed by atoms with Gasteiger partial charge < -0.3 is 14.8 Å². The molecule has 0 aliphatic carbocycles. The van der Waals surface area contributed by atoms with Gasteiger partial charge in [-0.2, -0.15) is 0 Å². The number of nitro groups is 1. The SMILES string of the molecule is COc1cc(CCNC(=O)CCc2ccc(Cl)cc2Cl)c([N+](=O)[O-])cc1OC. The molecule has 7 nitrogen and oxygen atoms in total. The van der Waals surface area contributed by atoms with Crippen molar-refractivity contribution in [2.24, 2.45) is 0 Å². The highest BCUT2D eigenvalue weighted by Gasteiger charge is 2.19. The monoisotopic (exact) mass is 426 g/mol. The minimum absolute atomic E-state index is 0.0835. The quantitative estimate of drug-likeness (QED) is 0.478. The molecule has 0 aliphatic heterocycles. The van der Waals surface area contributed by atoms with Crippen molar-refractivity contribution in [3.8, 4) is 11.5 Å². The smallest absolute Gasteiger partial charge is 0.276 e. The van der Waals surface area contributed by atoms with Gasteiger partial charge in [0.2, 0.25) is 5.91 Å². The van der Waals surface area contributed by atoms with Gasteiger partial charge in [0.25, 0.3) is 5.69 Å². The van der Waals surface area contributed by atoms with E-state index in [1.54, 1.807) is 24.3 Å². The number of carbonyl (C=O) groups excluding carboxylic acids is 1. The van der Waals surface area contributed by atoms with Crippen molar-refractivity contribution in [1.29, 1.82) is 0 Å². The zero-order chi connectivity index (χ0) is 20.7. The van der Waals surface area contributed by atoms with E-state index in [0.717, 1.165) is 5.56 Å². The largest absolute Gasteiger partial charge is 0.493 e. The molecular formula is C19H20Cl2N2O5. The second-order valence-corrected chi connectivity index (χ2v) is 6.77. The Morgan fingerprint density at radius 1 is 1.07 bits per heavy atom. The lowest BCUT2D eigenvalue weighted by Gasteiger charge is -2.11. The first kappa shape index (κ1) is 21.8. The van der Waals surface area contributed by atoms with Crippen molar-refractivity contribution >= 4 is 34.8 Å². The molecule has 1 N–H and O–H groups in total. The number of nitrogens with zero attached hydrogens (tertiary/aromatic N) is 1. The molecule has 0 aliphatic rings. The van der Waals surface area contributed by atoms with E-state index in [0.29, 0.717) is 27.8 Å². The van der Waals surface area contributed by atoms with Crippen LogP contribution in [-0.4, -0.2) is 31.6 Å². The Bertz CT molecular complexity index is 874. The van der Waals surface area contributed by atoms with Gasteiger partial charge in [-0.1, -0.05) is 29.3 Å². The van der Waals surface area contributed by atoms with Crippen LogP contribution in [0.2, 0.25) is 10.0 Å². The van der Waals surface area contributed by atoms with Crippen LogP contribution in [0.5, 0.6) is 11.5 Å². The second-order valence-electron chi connectivity index (χ2n) is 5.93. The summed E-state index contributed by atoms with van der Waals surface area (Å²) in [7, 11) is 2.87. The topological polar surface area (TPSA) is 90.7 Å². The van der Waals surface area contributed by atoms with Gasteiger partial charge >= 0.3 is 0 Å². The van der Waals surface area contributed by atoms with Crippen LogP contribution in [0.3, 0.4) is 0 Å². The number of halogens is 2. The number of rotatable bonds is 9. The van der Waals surface area contributed by atoms with Crippen LogP contribution < -0.4 is 14.8 Å². The zero-order valence-corrected chi connectivity index (χ0v) is 17.0. The van der Waals surface area contributed by atoms with Crippen molar-refractivity contribution < 1.29 is 19.2 Å². The molecule has 0 heterocycles. The van der Waals surface area contributed by atoms with Gasteiger partial charge in [-0.05, 0) is 36.6 Å². The lowest BCUT2D eigenvalue weighted by molar-refractivity contribution is -0.385. The maximum atomic E-state index is 12.1. The maximum Gasteiger partial charge on any atom is 0.276 e. The van der Waals surface area contributed by atoms with E-state index in [-0.39, 0.29) is 36.7 Å². The summed E-state index contributed by atoms with van der Waals surface area (Å²) in [4.78, 5) is 22.9. The molecule has 0 aromatic heterocycles. The Morgan fingerprint density at radius 3 is 2.36 bits per heavy atom. The first-order chi connectivity index (χ1) is 13.3. The van der Waals surface area contributed by atoms with Crippen LogP contribution in [-0.2, 0) is 17.6 Å². The fourth-order valence-corrected chi connectivity index (χ4v) is 3.18. The van der Waals surface area contributed by atoms with Crippen molar-refractivity contribution in [3.05, 3.63) is 61.6 Å². The number of nitrogens with one attached hydrogen (secondary N) is 1. The number of nitro benzene ring substituents is 1. The highest BCUT2D eigenvalue weighted by Crippen LogP contribution is 2.34. The molecule has 0 spiro atoms. The summed E-state index contributed by atoms with van der Waals surface area (Å²) < 4.78 is 10.3. The lowest BCUT2D eigenvalue weighted by Crippen LogP contribution is -2.26. The molecule has 0 unspecified atom stereocenters. The summed E-state index contributed by atoms with van der Waals surface area (Å²) in [5.41, 5.74) is 1.19. The minimum Gasteiger partial charge on any atom is -0.493 e. The number of benzene rings is 2. The van der Waals surface area contributed by atoms with Gasteiger partial charge in [0, 0.05) is 28.6 Å². The summed E-state index contributed by atoms with van der Waals surface area (Å²) in [6.45, 7) is 0.253. The Morgan fingerprint density at radius 2 is 1.75 bits per heavy atom. The highest BCUT2D eigenvalue weighted by atomic mass is 35.5. The molecular weight excluding hydrogens is 407 g/mol. The zero-order valence-electron chi connectivity index (χ0n) is 15.5. The number of aryl methyl sites for hydroxylation is 1. The summed E-state index contributed by atoms with van der Waals surface area (Å²) in [6, 6.07) is 8.00. The van der Waals surface area contributed by atoms with Crippen LogP contribution in [0, 0.1) is 10.1 Å². The number of hydrogen-bond acceptors (Lipinski definition) is 5. The van der Waals surface area contributed by atoms with E-state index in [1.807, 2.05) is 0 Å². The van der Waals surface area contributed by atoms with Gasteiger partial charge in [-0.25, -0.2) is 0 Å². The third-order valence-electron chi connectivity index (χ3n) is 4.13. The minimum atomic E-state index is -0.484. The first-order valence-corrected chi connectivity index (χ1v) is 9.21. The van der Waals surface area contributed by atoms with E-state index >= 15 is 0 Å². The average molecular weight is 427 g/mol. The van der Waals surface area contributed by atoms with Gasteiger partial charge in [0.1, 0.15) is 0 Å². The van der Waals surface area contributed by atoms with Crippen LogP contribution in [0.15, 0.2) is 30.3 Å². The molecule has 150 valence electrons. The van der Waals surface area contributed by atoms with E-state index in [2.05, 4.69) is 5.32 Å². The van der Waals surface area contributed by atoms with Gasteiger partial charge in [-0.15, -0.1) is 0 Å². The molecule has 0 fully saturated rings. The summed E-state index contributed by atoms with van der Waals surface area (Å²) in [5, 5.41) is 15.1. The number of amides is 1. The van der Waals surface area contributed by atoms with Crippen molar-refractivity contribution in [1.82, 2.24) is 5.32 Å². The Balaban J connectivity index is 1.94. The Hall–Kier alpha value is -2.51. The molecule has 0 saturated heterocycles. The predicted molar refractivity (Wildman–Crippen MR) is 108 cm³/mol. The number of ether oxygens (including phenoxy) is 2. The Labute approximate surface area is 172 Å². The second kappa shape index (κ2) is 10.1. The summed E-state index contributed by atoms with van der Waals surface area (Å²) in [6.07, 6.45) is 0.998. The highest BCUT2D eigenvalue weighted by molar-refractivity contribution is 6.35. The van der Waals surface area contributed by atoms with Crippen molar-refractivity contribution in [2.75, 3.05) is 20.8 Å². The third kappa shape index (κ3) is 5.74. The van der Waals surface area contributed by atoms with E-state index < -0.39 is 4.92 Å². The molecule has 2 aromatic rings. The fraction of sp³-hybridized carbons (Fsp3) is 0.316. The molecule has 0 saturated carbocycles. The third-order valence-corrected chi connectivity index (χ3v) is 4.72. The molecule has 0 bridgehead atoms. The number of methoxy groups -OCH3 is 2. The summed E-state index contributed by atoms with van der Waals surface area (Å²) >= 11 is 11.9. The van der Waals surface area contributed by atoms with E-state index in [4.69, 9.17) is 32.7 Å². The van der Waals surface area contributed by atoms with Crippen LogP contribution in [0.4, 0.5) is 5.69 Å². The van der Waals surface area contributed by atoms with Gasteiger partial charge in [0.15, 0.2) is 11.5 Å². The number of hydrogen-bond donors (Lipinski definition) is 1. The fourth-order valence-electron chi connectivity index (χ4n) is 2.68. The average Bonchev–Trinajstić information content (AvgIpc) is 2.66. The van der Waals surface area contributed by atoms with Crippen LogP contribution in [0.1, 0.15) is 17.5 Å². The molecule has 0 atom stereocenters. The summed E-state index contributed by atoms with van der Waals surface area (Å²) in [5.74, 6) is 0.503.